The highest BCUT2D eigenvalue weighted by Gasteiger charge is 2.22. The molecule has 0 bridgehead atoms. The number of rotatable bonds is 6. The first-order chi connectivity index (χ1) is 11.8. The molecule has 3 rings (SSSR count). The predicted octanol–water partition coefficient (Wildman–Crippen LogP) is 1.34. The highest BCUT2D eigenvalue weighted by molar-refractivity contribution is 5.80. The molecule has 4 N–H and O–H groups in total. The second kappa shape index (κ2) is 8.04. The molecule has 24 heavy (non-hydrogen) atoms. The third-order valence-corrected chi connectivity index (χ3v) is 4.19. The Hall–Kier alpha value is -2.24. The smallest absolute Gasteiger partial charge is 0.191 e. The average molecular weight is 328 g/mol. The van der Waals surface area contributed by atoms with Crippen molar-refractivity contribution in [3.63, 3.8) is 0 Å². The van der Waals surface area contributed by atoms with Crippen LogP contribution in [0.1, 0.15) is 36.8 Å². The van der Waals surface area contributed by atoms with Crippen molar-refractivity contribution < 1.29 is 0 Å². The van der Waals surface area contributed by atoms with Gasteiger partial charge in [-0.15, -0.1) is 0 Å². The van der Waals surface area contributed by atoms with Crippen molar-refractivity contribution in [2.75, 3.05) is 14.1 Å². The number of hydrogen-bond donors (Lipinski definition) is 4. The van der Waals surface area contributed by atoms with Crippen LogP contribution in [-0.4, -0.2) is 38.1 Å². The van der Waals surface area contributed by atoms with Crippen LogP contribution >= 0.6 is 0 Å². The van der Waals surface area contributed by atoms with Gasteiger partial charge in [-0.05, 0) is 36.8 Å². The Morgan fingerprint density at radius 1 is 0.875 bits per heavy atom. The monoisotopic (exact) mass is 328 g/mol. The van der Waals surface area contributed by atoms with Gasteiger partial charge in [0.05, 0.1) is 0 Å². The largest absolute Gasteiger partial charge is 0.354 e. The number of guanidine groups is 2. The molecule has 2 aliphatic carbocycles. The summed E-state index contributed by atoms with van der Waals surface area (Å²) in [5, 5.41) is 13.6. The SMILES string of the molecule is CN=C(NCc1cccc(CNC(=NC)NC2CC2)c1)NC1CC1. The van der Waals surface area contributed by atoms with Crippen LogP contribution in [0.25, 0.3) is 0 Å². The third-order valence-electron chi connectivity index (χ3n) is 4.19. The van der Waals surface area contributed by atoms with E-state index >= 15 is 0 Å². The lowest BCUT2D eigenvalue weighted by Gasteiger charge is -2.13. The highest BCUT2D eigenvalue weighted by Crippen LogP contribution is 2.18. The lowest BCUT2D eigenvalue weighted by Crippen LogP contribution is -2.38. The fourth-order valence-corrected chi connectivity index (χ4v) is 2.45. The normalized spacial score (nSPS) is 18.2. The van der Waals surface area contributed by atoms with Crippen LogP contribution in [0.4, 0.5) is 0 Å². The van der Waals surface area contributed by atoms with E-state index in [1.165, 1.54) is 36.8 Å². The van der Waals surface area contributed by atoms with Crippen molar-refractivity contribution in [2.45, 2.75) is 50.9 Å². The van der Waals surface area contributed by atoms with Gasteiger partial charge in [0.2, 0.25) is 0 Å². The number of benzene rings is 1. The van der Waals surface area contributed by atoms with E-state index in [-0.39, 0.29) is 0 Å². The molecule has 1 aromatic rings. The highest BCUT2D eigenvalue weighted by atomic mass is 15.2. The van der Waals surface area contributed by atoms with Crippen molar-refractivity contribution in [3.05, 3.63) is 35.4 Å². The van der Waals surface area contributed by atoms with Gasteiger partial charge in [-0.1, -0.05) is 24.3 Å². The molecule has 130 valence electrons. The lowest BCUT2D eigenvalue weighted by atomic mass is 10.1. The van der Waals surface area contributed by atoms with E-state index in [2.05, 4.69) is 55.5 Å². The maximum Gasteiger partial charge on any atom is 0.191 e. The zero-order chi connectivity index (χ0) is 16.8. The summed E-state index contributed by atoms with van der Waals surface area (Å²) in [6, 6.07) is 9.81. The number of nitrogens with one attached hydrogen (secondary N) is 4. The van der Waals surface area contributed by atoms with Crippen LogP contribution < -0.4 is 21.3 Å². The Morgan fingerprint density at radius 3 is 1.71 bits per heavy atom. The summed E-state index contributed by atoms with van der Waals surface area (Å²) < 4.78 is 0. The van der Waals surface area contributed by atoms with E-state index in [1.54, 1.807) is 0 Å². The topological polar surface area (TPSA) is 72.8 Å². The second-order valence-electron chi connectivity index (χ2n) is 6.51. The van der Waals surface area contributed by atoms with E-state index in [4.69, 9.17) is 0 Å². The van der Waals surface area contributed by atoms with E-state index in [0.29, 0.717) is 12.1 Å². The first-order valence-corrected chi connectivity index (χ1v) is 8.79. The van der Waals surface area contributed by atoms with Gasteiger partial charge >= 0.3 is 0 Å². The molecule has 2 aliphatic rings. The van der Waals surface area contributed by atoms with E-state index in [1.807, 2.05) is 14.1 Å². The van der Waals surface area contributed by atoms with Crippen LogP contribution in [0.3, 0.4) is 0 Å². The molecule has 6 heteroatoms. The molecule has 0 aliphatic heterocycles. The minimum atomic E-state index is 0.609. The van der Waals surface area contributed by atoms with Gasteiger partial charge in [0.15, 0.2) is 11.9 Å². The fourth-order valence-electron chi connectivity index (χ4n) is 2.45. The summed E-state index contributed by atoms with van der Waals surface area (Å²) in [4.78, 5) is 8.54. The van der Waals surface area contributed by atoms with Crippen molar-refractivity contribution in [1.82, 2.24) is 21.3 Å². The molecule has 0 saturated heterocycles. The van der Waals surface area contributed by atoms with E-state index in [9.17, 15) is 0 Å². The Morgan fingerprint density at radius 2 is 1.33 bits per heavy atom. The summed E-state index contributed by atoms with van der Waals surface area (Å²) in [5.74, 6) is 1.77. The molecular weight excluding hydrogens is 300 g/mol. The molecule has 0 radical (unpaired) electrons. The Bertz CT molecular complexity index is 552. The zero-order valence-electron chi connectivity index (χ0n) is 14.6. The number of aliphatic imine (C=N–C) groups is 2. The van der Waals surface area contributed by atoms with Crippen molar-refractivity contribution in [3.8, 4) is 0 Å². The molecule has 0 atom stereocenters. The molecular formula is C18H28N6. The quantitative estimate of drug-likeness (QED) is 0.470. The van der Waals surface area contributed by atoms with Crippen LogP contribution in [0.2, 0.25) is 0 Å². The molecule has 0 amide bonds. The van der Waals surface area contributed by atoms with Gasteiger partial charge in [0.1, 0.15) is 0 Å². The standard InChI is InChI=1S/C18H28N6/c1-19-17(23-15-6-7-15)21-11-13-4-3-5-14(10-13)12-22-18(20-2)24-16-8-9-16/h3-5,10,15-16H,6-9,11-12H2,1-2H3,(H2,19,21,23)(H2,20,22,24). The molecule has 1 aromatic carbocycles. The molecule has 0 heterocycles. The van der Waals surface area contributed by atoms with Gasteiger partial charge in [-0.25, -0.2) is 0 Å². The molecule has 0 spiro atoms. The van der Waals surface area contributed by atoms with Gasteiger partial charge in [0, 0.05) is 39.3 Å². The number of nitrogens with zero attached hydrogens (tertiary/aromatic N) is 2. The Labute approximate surface area is 144 Å². The van der Waals surface area contributed by atoms with E-state index < -0.39 is 0 Å². The van der Waals surface area contributed by atoms with Crippen LogP contribution in [-0.2, 0) is 13.1 Å². The summed E-state index contributed by atoms with van der Waals surface area (Å²) >= 11 is 0. The van der Waals surface area contributed by atoms with Gasteiger partial charge in [-0.3, -0.25) is 9.98 Å². The third kappa shape index (κ3) is 5.44. The van der Waals surface area contributed by atoms with Gasteiger partial charge in [0.25, 0.3) is 0 Å². The maximum atomic E-state index is 4.27. The first kappa shape index (κ1) is 16.6. The summed E-state index contributed by atoms with van der Waals surface area (Å²) in [5.41, 5.74) is 2.50. The van der Waals surface area contributed by atoms with Crippen molar-refractivity contribution in [1.29, 1.82) is 0 Å². The zero-order valence-corrected chi connectivity index (χ0v) is 14.6. The first-order valence-electron chi connectivity index (χ1n) is 8.79. The van der Waals surface area contributed by atoms with Crippen LogP contribution in [0, 0.1) is 0 Å². The molecule has 2 fully saturated rings. The minimum absolute atomic E-state index is 0.609. The Kier molecular flexibility index (Phi) is 5.56. The van der Waals surface area contributed by atoms with Crippen LogP contribution in [0.5, 0.6) is 0 Å². The molecule has 6 nitrogen and oxygen atoms in total. The molecule has 0 aromatic heterocycles. The van der Waals surface area contributed by atoms with Crippen LogP contribution in [0.15, 0.2) is 34.3 Å². The number of hydrogen-bond acceptors (Lipinski definition) is 2. The predicted molar refractivity (Wildman–Crippen MR) is 99.2 cm³/mol. The second-order valence-corrected chi connectivity index (χ2v) is 6.51. The summed E-state index contributed by atoms with van der Waals surface area (Å²) in [6.07, 6.45) is 4.99. The summed E-state index contributed by atoms with van der Waals surface area (Å²) in [7, 11) is 3.63. The maximum absolute atomic E-state index is 4.27. The Balaban J connectivity index is 1.47. The molecule has 0 unspecified atom stereocenters. The average Bonchev–Trinajstić information content (AvgIpc) is 3.51. The van der Waals surface area contributed by atoms with E-state index in [0.717, 1.165) is 25.0 Å². The molecule has 2 saturated carbocycles. The van der Waals surface area contributed by atoms with Gasteiger partial charge in [-0.2, -0.15) is 0 Å². The summed E-state index contributed by atoms with van der Waals surface area (Å²) in [6.45, 7) is 1.55. The van der Waals surface area contributed by atoms with Crippen molar-refractivity contribution >= 4 is 11.9 Å². The minimum Gasteiger partial charge on any atom is -0.354 e. The lowest BCUT2D eigenvalue weighted by molar-refractivity contribution is 0.795. The van der Waals surface area contributed by atoms with Gasteiger partial charge < -0.3 is 21.3 Å². The van der Waals surface area contributed by atoms with Crippen molar-refractivity contribution in [2.24, 2.45) is 9.98 Å². The fraction of sp³-hybridized carbons (Fsp3) is 0.556.